The molecule has 0 bridgehead atoms. The Kier molecular flexibility index (Phi) is 5.43. The van der Waals surface area contributed by atoms with Crippen molar-refractivity contribution < 1.29 is 22.3 Å². The Morgan fingerprint density at radius 2 is 1.95 bits per heavy atom. The van der Waals surface area contributed by atoms with E-state index < -0.39 is 38.7 Å². The van der Waals surface area contributed by atoms with Gasteiger partial charge in [-0.2, -0.15) is 0 Å². The number of sulfonamides is 1. The van der Waals surface area contributed by atoms with Gasteiger partial charge in [-0.05, 0) is 42.3 Å². The van der Waals surface area contributed by atoms with Crippen LogP contribution in [0.15, 0.2) is 21.5 Å². The Bertz CT molecular complexity index is 540. The summed E-state index contributed by atoms with van der Waals surface area (Å²) < 4.78 is 52.5. The largest absolute Gasteiger partial charge is 0.393 e. The molecule has 2 atom stereocenters. The molecule has 108 valence electrons. The summed E-state index contributed by atoms with van der Waals surface area (Å²) in [6.07, 6.45) is -0.515. The van der Waals surface area contributed by atoms with Crippen LogP contribution in [0.2, 0.25) is 0 Å². The molecule has 8 heteroatoms. The van der Waals surface area contributed by atoms with Crippen LogP contribution in [0.1, 0.15) is 20.3 Å². The first-order valence-electron chi connectivity index (χ1n) is 5.48. The average Bonchev–Trinajstić information content (AvgIpc) is 2.10. The molecule has 0 heterocycles. The second-order valence-electron chi connectivity index (χ2n) is 4.31. The van der Waals surface area contributed by atoms with Crippen molar-refractivity contribution in [2.45, 2.75) is 37.3 Å². The molecule has 4 nitrogen and oxygen atoms in total. The van der Waals surface area contributed by atoms with E-state index in [1.54, 1.807) is 6.92 Å². The van der Waals surface area contributed by atoms with E-state index in [9.17, 15) is 17.2 Å². The van der Waals surface area contributed by atoms with Gasteiger partial charge < -0.3 is 5.11 Å². The fraction of sp³-hybridized carbons (Fsp3) is 0.455. The standard InChI is InChI=1S/C11H14BrF2NO3S/c1-6(3-7(2)16)15-19(17,18)11-9(12)4-8(13)5-10(11)14/h4-7,15-16H,3H2,1-2H3. The molecular weight excluding hydrogens is 344 g/mol. The zero-order chi connectivity index (χ0) is 14.8. The van der Waals surface area contributed by atoms with E-state index in [1.807, 2.05) is 0 Å². The molecule has 0 aliphatic heterocycles. The molecule has 0 saturated heterocycles. The topological polar surface area (TPSA) is 66.4 Å². The van der Waals surface area contributed by atoms with Crippen molar-refractivity contribution in [1.29, 1.82) is 0 Å². The SMILES string of the molecule is CC(O)CC(C)NS(=O)(=O)c1c(F)cc(F)cc1Br. The summed E-state index contributed by atoms with van der Waals surface area (Å²) in [6, 6.07) is 0.789. The molecule has 0 saturated carbocycles. The highest BCUT2D eigenvalue weighted by Gasteiger charge is 2.25. The van der Waals surface area contributed by atoms with E-state index in [4.69, 9.17) is 5.11 Å². The molecule has 2 N–H and O–H groups in total. The Hall–Kier alpha value is -0.570. The van der Waals surface area contributed by atoms with Crippen molar-refractivity contribution >= 4 is 26.0 Å². The molecular formula is C11H14BrF2NO3S. The highest BCUT2D eigenvalue weighted by molar-refractivity contribution is 9.10. The highest BCUT2D eigenvalue weighted by atomic mass is 79.9. The first kappa shape index (κ1) is 16.5. The van der Waals surface area contributed by atoms with E-state index >= 15 is 0 Å². The summed E-state index contributed by atoms with van der Waals surface area (Å²) in [7, 11) is -4.13. The van der Waals surface area contributed by atoms with Crippen LogP contribution in [0.3, 0.4) is 0 Å². The van der Waals surface area contributed by atoms with Gasteiger partial charge in [-0.1, -0.05) is 0 Å². The van der Waals surface area contributed by atoms with Crippen molar-refractivity contribution in [3.63, 3.8) is 0 Å². The summed E-state index contributed by atoms with van der Waals surface area (Å²) in [5.74, 6) is -2.05. The Labute approximate surface area is 119 Å². The molecule has 1 aromatic carbocycles. The van der Waals surface area contributed by atoms with Crippen LogP contribution in [-0.4, -0.2) is 25.7 Å². The van der Waals surface area contributed by atoms with Crippen LogP contribution < -0.4 is 4.72 Å². The zero-order valence-corrected chi connectivity index (χ0v) is 12.7. The van der Waals surface area contributed by atoms with Crippen molar-refractivity contribution in [3.05, 3.63) is 28.2 Å². The quantitative estimate of drug-likeness (QED) is 0.848. The normalized spacial score (nSPS) is 15.3. The van der Waals surface area contributed by atoms with Gasteiger partial charge in [0.15, 0.2) is 0 Å². The minimum atomic E-state index is -4.13. The summed E-state index contributed by atoms with van der Waals surface area (Å²) >= 11 is 2.83. The Balaban J connectivity index is 3.08. The maximum absolute atomic E-state index is 13.6. The van der Waals surface area contributed by atoms with Gasteiger partial charge in [0, 0.05) is 16.6 Å². The van der Waals surface area contributed by atoms with Gasteiger partial charge in [0.05, 0.1) is 6.10 Å². The fourth-order valence-corrected chi connectivity index (χ4v) is 4.09. The molecule has 2 unspecified atom stereocenters. The monoisotopic (exact) mass is 357 g/mol. The molecule has 0 aliphatic rings. The maximum atomic E-state index is 13.6. The number of hydrogen-bond acceptors (Lipinski definition) is 3. The number of hydrogen-bond donors (Lipinski definition) is 2. The van der Waals surface area contributed by atoms with E-state index in [0.29, 0.717) is 6.07 Å². The minimum Gasteiger partial charge on any atom is -0.393 e. The van der Waals surface area contributed by atoms with Crippen LogP contribution in [-0.2, 0) is 10.0 Å². The summed E-state index contributed by atoms with van der Waals surface area (Å²) in [4.78, 5) is -0.647. The highest BCUT2D eigenvalue weighted by Crippen LogP contribution is 2.26. The van der Waals surface area contributed by atoms with Gasteiger partial charge >= 0.3 is 0 Å². The molecule has 0 aliphatic carbocycles. The summed E-state index contributed by atoms with van der Waals surface area (Å²) in [5, 5.41) is 9.17. The lowest BCUT2D eigenvalue weighted by Gasteiger charge is -2.16. The Morgan fingerprint density at radius 1 is 1.37 bits per heavy atom. The minimum absolute atomic E-state index is 0.180. The van der Waals surface area contributed by atoms with Gasteiger partial charge in [0.2, 0.25) is 10.0 Å². The third-order valence-electron chi connectivity index (χ3n) is 2.28. The van der Waals surface area contributed by atoms with Gasteiger partial charge in [0.1, 0.15) is 16.5 Å². The van der Waals surface area contributed by atoms with Crippen LogP contribution in [0.25, 0.3) is 0 Å². The summed E-state index contributed by atoms with van der Waals surface area (Å²) in [5.41, 5.74) is 0. The van der Waals surface area contributed by atoms with E-state index in [0.717, 1.165) is 6.07 Å². The van der Waals surface area contributed by atoms with Gasteiger partial charge in [0.25, 0.3) is 0 Å². The zero-order valence-electron chi connectivity index (χ0n) is 10.3. The second kappa shape index (κ2) is 6.25. The average molecular weight is 358 g/mol. The molecule has 0 aromatic heterocycles. The van der Waals surface area contributed by atoms with Crippen molar-refractivity contribution in [2.75, 3.05) is 0 Å². The first-order valence-corrected chi connectivity index (χ1v) is 7.76. The van der Waals surface area contributed by atoms with Crippen LogP contribution >= 0.6 is 15.9 Å². The van der Waals surface area contributed by atoms with E-state index in [-0.39, 0.29) is 10.9 Å². The van der Waals surface area contributed by atoms with Gasteiger partial charge in [-0.3, -0.25) is 0 Å². The molecule has 1 rings (SSSR count). The second-order valence-corrected chi connectivity index (χ2v) is 6.81. The smallest absolute Gasteiger partial charge is 0.244 e. The first-order chi connectivity index (χ1) is 8.63. The van der Waals surface area contributed by atoms with Crippen LogP contribution in [0.4, 0.5) is 8.78 Å². The number of benzene rings is 1. The molecule has 1 aromatic rings. The maximum Gasteiger partial charge on any atom is 0.244 e. The molecule has 0 spiro atoms. The van der Waals surface area contributed by atoms with Crippen LogP contribution in [0, 0.1) is 11.6 Å². The predicted octanol–water partition coefficient (Wildman–Crippen LogP) is 2.17. The lowest BCUT2D eigenvalue weighted by Crippen LogP contribution is -2.35. The molecule has 0 radical (unpaired) electrons. The number of aliphatic hydroxyl groups excluding tert-OH is 1. The fourth-order valence-electron chi connectivity index (χ4n) is 1.67. The molecule has 0 fully saturated rings. The lowest BCUT2D eigenvalue weighted by molar-refractivity contribution is 0.175. The van der Waals surface area contributed by atoms with Crippen molar-refractivity contribution in [1.82, 2.24) is 4.72 Å². The molecule has 19 heavy (non-hydrogen) atoms. The predicted molar refractivity (Wildman–Crippen MR) is 70.1 cm³/mol. The van der Waals surface area contributed by atoms with Crippen molar-refractivity contribution in [2.24, 2.45) is 0 Å². The summed E-state index contributed by atoms with van der Waals surface area (Å²) in [6.45, 7) is 3.05. The number of halogens is 3. The van der Waals surface area contributed by atoms with Crippen LogP contribution in [0.5, 0.6) is 0 Å². The van der Waals surface area contributed by atoms with E-state index in [2.05, 4.69) is 20.7 Å². The number of nitrogens with one attached hydrogen (secondary N) is 1. The third kappa shape index (κ3) is 4.48. The number of rotatable bonds is 5. The lowest BCUT2D eigenvalue weighted by atomic mass is 10.2. The Morgan fingerprint density at radius 3 is 2.42 bits per heavy atom. The third-order valence-corrected chi connectivity index (χ3v) is 4.84. The van der Waals surface area contributed by atoms with E-state index in [1.165, 1.54) is 6.92 Å². The van der Waals surface area contributed by atoms with Crippen molar-refractivity contribution in [3.8, 4) is 0 Å². The molecule has 0 amide bonds. The van der Waals surface area contributed by atoms with Gasteiger partial charge in [-0.15, -0.1) is 0 Å². The number of aliphatic hydroxyl groups is 1. The van der Waals surface area contributed by atoms with Gasteiger partial charge in [-0.25, -0.2) is 21.9 Å².